The zero-order chi connectivity index (χ0) is 20.0. The molecule has 8 heteroatoms. The Morgan fingerprint density at radius 1 is 1.04 bits per heavy atom. The van der Waals surface area contributed by atoms with Crippen molar-refractivity contribution in [2.45, 2.75) is 29.4 Å². The van der Waals surface area contributed by atoms with Crippen LogP contribution in [0, 0.1) is 0 Å². The van der Waals surface area contributed by atoms with Crippen molar-refractivity contribution in [3.63, 3.8) is 0 Å². The minimum absolute atomic E-state index is 0.00375. The number of hydrogen-bond donors (Lipinski definition) is 1. The molecule has 2 heterocycles. The van der Waals surface area contributed by atoms with Crippen LogP contribution in [0.4, 0.5) is 0 Å². The number of carbonyl (C=O) groups excluding carboxylic acids is 3. The van der Waals surface area contributed by atoms with Crippen LogP contribution in [0.5, 0.6) is 0 Å². The summed E-state index contributed by atoms with van der Waals surface area (Å²) >= 11 is 1.74. The van der Waals surface area contributed by atoms with Crippen LogP contribution in [0.1, 0.15) is 19.8 Å². The molecule has 0 bridgehead atoms. The second-order valence-corrected chi connectivity index (χ2v) is 8.73. The largest absolute Gasteiger partial charge is 0.381 e. The van der Waals surface area contributed by atoms with Crippen LogP contribution in [0.25, 0.3) is 0 Å². The second-order valence-electron chi connectivity index (χ2n) is 7.19. The van der Waals surface area contributed by atoms with Crippen molar-refractivity contribution in [2.75, 3.05) is 45.9 Å². The van der Waals surface area contributed by atoms with Gasteiger partial charge in [-0.2, -0.15) is 0 Å². The fourth-order valence-corrected chi connectivity index (χ4v) is 4.79. The van der Waals surface area contributed by atoms with Gasteiger partial charge in [0.05, 0.1) is 0 Å². The van der Waals surface area contributed by atoms with Crippen molar-refractivity contribution in [1.29, 1.82) is 0 Å². The molecule has 1 aromatic carbocycles. The average Bonchev–Trinajstić information content (AvgIpc) is 2.73. The highest BCUT2D eigenvalue weighted by Crippen LogP contribution is 2.40. The molecule has 0 spiro atoms. The van der Waals surface area contributed by atoms with E-state index in [0.29, 0.717) is 45.9 Å². The number of carbonyl (C=O) groups is 3. The van der Waals surface area contributed by atoms with Crippen molar-refractivity contribution in [2.24, 2.45) is 0 Å². The lowest BCUT2D eigenvalue weighted by Gasteiger charge is -2.37. The summed E-state index contributed by atoms with van der Waals surface area (Å²) in [5, 5.41) is 2.86. The summed E-state index contributed by atoms with van der Waals surface area (Å²) in [5.41, 5.74) is 0. The quantitative estimate of drug-likeness (QED) is 0.760. The monoisotopic (exact) mass is 405 g/mol. The van der Waals surface area contributed by atoms with Gasteiger partial charge in [0.2, 0.25) is 5.91 Å². The molecule has 152 valence electrons. The predicted molar refractivity (Wildman–Crippen MR) is 107 cm³/mol. The van der Waals surface area contributed by atoms with Gasteiger partial charge in [-0.15, -0.1) is 11.8 Å². The van der Waals surface area contributed by atoms with Crippen LogP contribution in [0.15, 0.2) is 35.2 Å². The van der Waals surface area contributed by atoms with E-state index < -0.39 is 11.8 Å². The number of rotatable bonds is 4. The molecule has 0 atom stereocenters. The Bertz CT molecular complexity index is 699. The maximum absolute atomic E-state index is 12.5. The number of amides is 3. The van der Waals surface area contributed by atoms with E-state index in [1.54, 1.807) is 16.7 Å². The normalized spacial score (nSPS) is 19.2. The molecule has 1 N–H and O–H groups in total. The SMILES string of the molecule is CC(=O)N1CCN(C(=O)C(=O)NCC2(Sc3ccccc3)CCOCC2)CC1. The molecule has 28 heavy (non-hydrogen) atoms. The van der Waals surface area contributed by atoms with Gasteiger partial charge in [-0.3, -0.25) is 14.4 Å². The zero-order valence-electron chi connectivity index (χ0n) is 16.2. The Morgan fingerprint density at radius 2 is 1.64 bits per heavy atom. The average molecular weight is 406 g/mol. The topological polar surface area (TPSA) is 79.0 Å². The van der Waals surface area contributed by atoms with Crippen LogP contribution >= 0.6 is 11.8 Å². The lowest BCUT2D eigenvalue weighted by Crippen LogP contribution is -2.54. The van der Waals surface area contributed by atoms with E-state index in [0.717, 1.165) is 17.7 Å². The summed E-state index contributed by atoms with van der Waals surface area (Å²) in [5.74, 6) is -1.10. The van der Waals surface area contributed by atoms with E-state index >= 15 is 0 Å². The Kier molecular flexibility index (Phi) is 6.96. The molecule has 2 aliphatic rings. The Morgan fingerprint density at radius 3 is 2.25 bits per heavy atom. The molecule has 3 amide bonds. The third-order valence-electron chi connectivity index (χ3n) is 5.26. The highest BCUT2D eigenvalue weighted by molar-refractivity contribution is 8.00. The lowest BCUT2D eigenvalue weighted by molar-refractivity contribution is -0.148. The Labute approximate surface area is 169 Å². The van der Waals surface area contributed by atoms with Gasteiger partial charge in [0.25, 0.3) is 0 Å². The third-order valence-corrected chi connectivity index (χ3v) is 6.75. The van der Waals surface area contributed by atoms with Gasteiger partial charge in [-0.25, -0.2) is 0 Å². The van der Waals surface area contributed by atoms with Crippen LogP contribution in [-0.4, -0.2) is 78.2 Å². The third kappa shape index (κ3) is 5.26. The van der Waals surface area contributed by atoms with Gasteiger partial charge in [0, 0.05) is 62.5 Å². The molecule has 0 saturated carbocycles. The van der Waals surface area contributed by atoms with Crippen molar-refractivity contribution in [3.8, 4) is 0 Å². The van der Waals surface area contributed by atoms with E-state index in [-0.39, 0.29) is 10.7 Å². The van der Waals surface area contributed by atoms with E-state index in [9.17, 15) is 14.4 Å². The van der Waals surface area contributed by atoms with Crippen LogP contribution < -0.4 is 5.32 Å². The van der Waals surface area contributed by atoms with E-state index in [4.69, 9.17) is 4.74 Å². The number of nitrogens with one attached hydrogen (secondary N) is 1. The molecule has 0 unspecified atom stereocenters. The van der Waals surface area contributed by atoms with Crippen LogP contribution in [-0.2, 0) is 19.1 Å². The minimum atomic E-state index is -0.573. The molecule has 3 rings (SSSR count). The first kappa shape index (κ1) is 20.7. The standard InChI is InChI=1S/C20H27N3O4S/c1-16(24)22-9-11-23(12-10-22)19(26)18(25)21-15-20(7-13-27-14-8-20)28-17-5-3-2-4-6-17/h2-6H,7-15H2,1H3,(H,21,25). The minimum Gasteiger partial charge on any atom is -0.381 e. The highest BCUT2D eigenvalue weighted by Gasteiger charge is 2.35. The first-order valence-electron chi connectivity index (χ1n) is 9.63. The van der Waals surface area contributed by atoms with Crippen molar-refractivity contribution >= 4 is 29.5 Å². The van der Waals surface area contributed by atoms with Gasteiger partial charge in [-0.1, -0.05) is 18.2 Å². The molecule has 1 aromatic rings. The first-order valence-corrected chi connectivity index (χ1v) is 10.5. The molecule has 0 radical (unpaired) electrons. The lowest BCUT2D eigenvalue weighted by atomic mass is 9.99. The molecule has 0 aliphatic carbocycles. The molecule has 0 aromatic heterocycles. The number of ether oxygens (including phenoxy) is 1. The van der Waals surface area contributed by atoms with Crippen molar-refractivity contribution in [3.05, 3.63) is 30.3 Å². The smallest absolute Gasteiger partial charge is 0.312 e. The zero-order valence-corrected chi connectivity index (χ0v) is 17.0. The Hall–Kier alpha value is -2.06. The summed E-state index contributed by atoms with van der Waals surface area (Å²) in [6, 6.07) is 10.1. The van der Waals surface area contributed by atoms with E-state index in [1.807, 2.05) is 18.2 Å². The number of hydrogen-bond acceptors (Lipinski definition) is 5. The molecule has 7 nitrogen and oxygen atoms in total. The second kappa shape index (κ2) is 9.43. The molecule has 2 saturated heterocycles. The molecule has 2 aliphatic heterocycles. The Balaban J connectivity index is 1.56. The van der Waals surface area contributed by atoms with Gasteiger partial charge in [0.1, 0.15) is 0 Å². The van der Waals surface area contributed by atoms with Crippen molar-refractivity contribution in [1.82, 2.24) is 15.1 Å². The first-order chi connectivity index (χ1) is 13.5. The number of piperazine rings is 1. The summed E-state index contributed by atoms with van der Waals surface area (Å²) in [6.45, 7) is 4.97. The summed E-state index contributed by atoms with van der Waals surface area (Å²) in [7, 11) is 0. The number of thioether (sulfide) groups is 1. The van der Waals surface area contributed by atoms with Gasteiger partial charge < -0.3 is 19.9 Å². The molecular formula is C20H27N3O4S. The highest BCUT2D eigenvalue weighted by atomic mass is 32.2. The molecular weight excluding hydrogens is 378 g/mol. The predicted octanol–water partition coefficient (Wildman–Crippen LogP) is 1.13. The fraction of sp³-hybridized carbons (Fsp3) is 0.550. The maximum atomic E-state index is 12.5. The summed E-state index contributed by atoms with van der Waals surface area (Å²) < 4.78 is 5.33. The van der Waals surface area contributed by atoms with E-state index in [2.05, 4.69) is 17.4 Å². The molecule has 2 fully saturated rings. The summed E-state index contributed by atoms with van der Waals surface area (Å²) in [6.07, 6.45) is 1.64. The number of benzene rings is 1. The van der Waals surface area contributed by atoms with Gasteiger partial charge in [-0.05, 0) is 25.0 Å². The van der Waals surface area contributed by atoms with Crippen LogP contribution in [0.2, 0.25) is 0 Å². The van der Waals surface area contributed by atoms with Gasteiger partial charge in [0.15, 0.2) is 0 Å². The summed E-state index contributed by atoms with van der Waals surface area (Å²) in [4.78, 5) is 40.7. The fourth-order valence-electron chi connectivity index (χ4n) is 3.48. The maximum Gasteiger partial charge on any atom is 0.312 e. The number of nitrogens with zero attached hydrogens (tertiary/aromatic N) is 2. The van der Waals surface area contributed by atoms with Crippen LogP contribution in [0.3, 0.4) is 0 Å². The van der Waals surface area contributed by atoms with Crippen molar-refractivity contribution < 1.29 is 19.1 Å². The van der Waals surface area contributed by atoms with Gasteiger partial charge >= 0.3 is 11.8 Å². The van der Waals surface area contributed by atoms with E-state index in [1.165, 1.54) is 11.8 Å².